The third kappa shape index (κ3) is 1.38. The largest absolute Gasteiger partial charge is 0.384 e. The maximum atomic E-state index is 5.57. The van der Waals surface area contributed by atoms with E-state index in [0.29, 0.717) is 5.82 Å². The molecule has 4 nitrogen and oxygen atoms in total. The molecule has 2 aromatic rings. The lowest BCUT2D eigenvalue weighted by Gasteiger charge is -2.01. The first-order valence-electron chi connectivity index (χ1n) is 3.96. The molecule has 0 aliphatic heterocycles. The highest BCUT2D eigenvalue weighted by molar-refractivity contribution is 5.58. The van der Waals surface area contributed by atoms with Crippen LogP contribution in [-0.4, -0.2) is 14.5 Å². The Morgan fingerprint density at radius 1 is 1.31 bits per heavy atom. The quantitative estimate of drug-likeness (QED) is 0.703. The molecule has 0 aliphatic carbocycles. The van der Waals surface area contributed by atoms with E-state index < -0.39 is 0 Å². The summed E-state index contributed by atoms with van der Waals surface area (Å²) in [4.78, 5) is 8.13. The van der Waals surface area contributed by atoms with E-state index in [9.17, 15) is 0 Å². The molecule has 0 aromatic carbocycles. The van der Waals surface area contributed by atoms with Crippen LogP contribution in [0.15, 0.2) is 30.7 Å². The molecule has 0 saturated carbocycles. The van der Waals surface area contributed by atoms with Crippen LogP contribution in [0.3, 0.4) is 0 Å². The molecule has 0 bridgehead atoms. The molecule has 0 atom stereocenters. The van der Waals surface area contributed by atoms with Crippen molar-refractivity contribution in [2.75, 3.05) is 5.73 Å². The van der Waals surface area contributed by atoms with Gasteiger partial charge in [0.2, 0.25) is 0 Å². The minimum absolute atomic E-state index is 0.514. The Kier molecular flexibility index (Phi) is 1.73. The normalized spacial score (nSPS) is 10.2. The topological polar surface area (TPSA) is 56.7 Å². The molecule has 2 aromatic heterocycles. The molecule has 2 heterocycles. The molecule has 0 amide bonds. The van der Waals surface area contributed by atoms with E-state index in [-0.39, 0.29) is 0 Å². The van der Waals surface area contributed by atoms with Gasteiger partial charge in [0.1, 0.15) is 11.6 Å². The van der Waals surface area contributed by atoms with Crippen molar-refractivity contribution in [1.82, 2.24) is 14.5 Å². The number of nitrogen functional groups attached to an aromatic ring is 1. The first-order valence-corrected chi connectivity index (χ1v) is 3.96. The summed E-state index contributed by atoms with van der Waals surface area (Å²) in [7, 11) is 1.94. The zero-order chi connectivity index (χ0) is 9.26. The van der Waals surface area contributed by atoms with Crippen molar-refractivity contribution >= 4 is 5.82 Å². The minimum atomic E-state index is 0.514. The van der Waals surface area contributed by atoms with E-state index in [1.54, 1.807) is 12.4 Å². The Hall–Kier alpha value is -1.84. The molecule has 2 rings (SSSR count). The van der Waals surface area contributed by atoms with Crippen LogP contribution in [-0.2, 0) is 7.05 Å². The molecular formula is C9H10N4. The second-order valence-electron chi connectivity index (χ2n) is 2.83. The van der Waals surface area contributed by atoms with Gasteiger partial charge in [-0.3, -0.25) is 0 Å². The fourth-order valence-electron chi connectivity index (χ4n) is 1.23. The summed E-state index contributed by atoms with van der Waals surface area (Å²) in [6.07, 6.45) is 5.33. The van der Waals surface area contributed by atoms with E-state index in [0.717, 1.165) is 11.4 Å². The number of hydrogen-bond acceptors (Lipinski definition) is 3. The van der Waals surface area contributed by atoms with Crippen molar-refractivity contribution in [2.24, 2.45) is 7.05 Å². The number of hydrogen-bond donors (Lipinski definition) is 1. The van der Waals surface area contributed by atoms with Crippen LogP contribution in [0, 0.1) is 0 Å². The summed E-state index contributed by atoms with van der Waals surface area (Å²) >= 11 is 0. The summed E-state index contributed by atoms with van der Waals surface area (Å²) < 4.78 is 1.94. The maximum Gasteiger partial charge on any atom is 0.139 e. The number of nitrogens with two attached hydrogens (primary N) is 1. The average molecular weight is 174 g/mol. The highest BCUT2D eigenvalue weighted by Gasteiger charge is 2.02. The van der Waals surface area contributed by atoms with Crippen molar-refractivity contribution in [2.45, 2.75) is 0 Å². The molecule has 0 aliphatic rings. The lowest BCUT2D eigenvalue weighted by atomic mass is 10.2. The number of pyridine rings is 1. The molecular weight excluding hydrogens is 164 g/mol. The second-order valence-corrected chi connectivity index (χ2v) is 2.83. The highest BCUT2D eigenvalue weighted by Crippen LogP contribution is 2.16. The van der Waals surface area contributed by atoms with Crippen molar-refractivity contribution < 1.29 is 0 Å². The summed E-state index contributed by atoms with van der Waals surface area (Å²) in [5, 5.41) is 0. The Labute approximate surface area is 76.1 Å². The van der Waals surface area contributed by atoms with E-state index in [1.807, 2.05) is 29.9 Å². The van der Waals surface area contributed by atoms with Crippen molar-refractivity contribution in [1.29, 1.82) is 0 Å². The van der Waals surface area contributed by atoms with Crippen LogP contribution >= 0.6 is 0 Å². The number of anilines is 1. The number of aromatic nitrogens is 3. The van der Waals surface area contributed by atoms with Gasteiger partial charge in [-0.2, -0.15) is 0 Å². The van der Waals surface area contributed by atoms with E-state index in [1.165, 1.54) is 0 Å². The zero-order valence-corrected chi connectivity index (χ0v) is 7.31. The van der Waals surface area contributed by atoms with Gasteiger partial charge in [0.25, 0.3) is 0 Å². The highest BCUT2D eigenvalue weighted by atomic mass is 15.0. The first kappa shape index (κ1) is 7.79. The lowest BCUT2D eigenvalue weighted by molar-refractivity contribution is 0.924. The zero-order valence-electron chi connectivity index (χ0n) is 7.31. The van der Waals surface area contributed by atoms with Gasteiger partial charge in [-0.25, -0.2) is 9.97 Å². The fourth-order valence-corrected chi connectivity index (χ4v) is 1.23. The Morgan fingerprint density at radius 2 is 2.15 bits per heavy atom. The molecule has 4 heteroatoms. The van der Waals surface area contributed by atoms with Crippen molar-refractivity contribution in [3.05, 3.63) is 30.7 Å². The van der Waals surface area contributed by atoms with Crippen molar-refractivity contribution in [3.63, 3.8) is 0 Å². The summed E-state index contributed by atoms with van der Waals surface area (Å²) in [5.41, 5.74) is 6.55. The summed E-state index contributed by atoms with van der Waals surface area (Å²) in [6, 6.07) is 3.70. The number of rotatable bonds is 1. The Morgan fingerprint density at radius 3 is 2.77 bits per heavy atom. The standard InChI is InChI=1S/C9H10N4/c1-13-5-4-12-9(13)7-2-3-11-8(10)6-7/h2-6H,1H3,(H2,10,11). The third-order valence-corrected chi connectivity index (χ3v) is 1.86. The molecule has 0 saturated heterocycles. The second kappa shape index (κ2) is 2.90. The molecule has 0 unspecified atom stereocenters. The molecule has 0 fully saturated rings. The number of imidazole rings is 1. The van der Waals surface area contributed by atoms with E-state index in [2.05, 4.69) is 9.97 Å². The maximum absolute atomic E-state index is 5.57. The first-order chi connectivity index (χ1) is 6.27. The number of aryl methyl sites for hydroxylation is 1. The third-order valence-electron chi connectivity index (χ3n) is 1.86. The van der Waals surface area contributed by atoms with Gasteiger partial charge in [-0.05, 0) is 12.1 Å². The SMILES string of the molecule is Cn1ccnc1-c1ccnc(N)c1. The molecule has 0 radical (unpaired) electrons. The van der Waals surface area contributed by atoms with Gasteiger partial charge in [0.15, 0.2) is 0 Å². The predicted octanol–water partition coefficient (Wildman–Crippen LogP) is 1.06. The average Bonchev–Trinajstić information content (AvgIpc) is 2.51. The molecule has 2 N–H and O–H groups in total. The van der Waals surface area contributed by atoms with Gasteiger partial charge in [-0.1, -0.05) is 0 Å². The van der Waals surface area contributed by atoms with Crippen LogP contribution in [0.5, 0.6) is 0 Å². The van der Waals surface area contributed by atoms with Crippen LogP contribution in [0.25, 0.3) is 11.4 Å². The minimum Gasteiger partial charge on any atom is -0.384 e. The van der Waals surface area contributed by atoms with Gasteiger partial charge in [-0.15, -0.1) is 0 Å². The van der Waals surface area contributed by atoms with Crippen LogP contribution < -0.4 is 5.73 Å². The predicted molar refractivity (Wildman–Crippen MR) is 50.9 cm³/mol. The summed E-state index contributed by atoms with van der Waals surface area (Å²) in [6.45, 7) is 0. The molecule has 66 valence electrons. The van der Waals surface area contributed by atoms with Crippen LogP contribution in [0.4, 0.5) is 5.82 Å². The Balaban J connectivity index is 2.53. The number of nitrogens with zero attached hydrogens (tertiary/aromatic N) is 3. The monoisotopic (exact) mass is 174 g/mol. The summed E-state index contributed by atoms with van der Waals surface area (Å²) in [5.74, 6) is 1.41. The van der Waals surface area contributed by atoms with Gasteiger partial charge in [0.05, 0.1) is 0 Å². The van der Waals surface area contributed by atoms with E-state index >= 15 is 0 Å². The lowest BCUT2D eigenvalue weighted by Crippen LogP contribution is -1.94. The molecule has 13 heavy (non-hydrogen) atoms. The van der Waals surface area contributed by atoms with Gasteiger partial charge < -0.3 is 10.3 Å². The smallest absolute Gasteiger partial charge is 0.139 e. The van der Waals surface area contributed by atoms with E-state index in [4.69, 9.17) is 5.73 Å². The van der Waals surface area contributed by atoms with Crippen LogP contribution in [0.2, 0.25) is 0 Å². The van der Waals surface area contributed by atoms with Crippen LogP contribution in [0.1, 0.15) is 0 Å². The Bertz CT molecular complexity index is 419. The van der Waals surface area contributed by atoms with Gasteiger partial charge >= 0.3 is 0 Å². The molecule has 0 spiro atoms. The van der Waals surface area contributed by atoms with Crippen molar-refractivity contribution in [3.8, 4) is 11.4 Å². The van der Waals surface area contributed by atoms with Gasteiger partial charge in [0, 0.05) is 31.2 Å². The fraction of sp³-hybridized carbons (Fsp3) is 0.111.